The van der Waals surface area contributed by atoms with Gasteiger partial charge >= 0.3 is 0 Å². The fourth-order valence-electron chi connectivity index (χ4n) is 19.9. The van der Waals surface area contributed by atoms with Crippen LogP contribution in [0.2, 0.25) is 0 Å². The molecule has 0 aliphatic rings. The van der Waals surface area contributed by atoms with Crippen LogP contribution in [0.15, 0.2) is 442 Å². The Bertz CT molecular complexity index is 10300. The van der Waals surface area contributed by atoms with Crippen molar-refractivity contribution in [2.75, 3.05) is 0 Å². The van der Waals surface area contributed by atoms with E-state index in [-0.39, 0.29) is 0 Å². The summed E-state index contributed by atoms with van der Waals surface area (Å²) in [6.07, 6.45) is 0. The zero-order valence-electron chi connectivity index (χ0n) is 76.6. The predicted molar refractivity (Wildman–Crippen MR) is 588 cm³/mol. The van der Waals surface area contributed by atoms with E-state index in [1.54, 1.807) is 34.0 Å². The number of thiazole rings is 3. The van der Waals surface area contributed by atoms with Crippen molar-refractivity contribution in [3.63, 3.8) is 0 Å². The van der Waals surface area contributed by atoms with E-state index in [1.165, 1.54) is 11.1 Å². The smallest absolute Gasteiger partial charge is 0.164 e. The highest BCUT2D eigenvalue weighted by molar-refractivity contribution is 7.22. The topological polar surface area (TPSA) is 207 Å². The highest BCUT2D eigenvalue weighted by Gasteiger charge is 2.26. The van der Waals surface area contributed by atoms with Crippen LogP contribution in [0.25, 0.3) is 308 Å². The van der Waals surface area contributed by atoms with Gasteiger partial charge in [0.2, 0.25) is 0 Å². The molecule has 0 aliphatic heterocycles. The molecule has 676 valence electrons. The van der Waals surface area contributed by atoms with Gasteiger partial charge in [-0.1, -0.05) is 309 Å². The van der Waals surface area contributed by atoms with Crippen LogP contribution >= 0.6 is 34.0 Å². The molecule has 0 N–H and O–H groups in total. The molecule has 16 nitrogen and oxygen atoms in total. The fraction of sp³-hybridized carbons (Fsp3) is 0. The summed E-state index contributed by atoms with van der Waals surface area (Å²) in [5.74, 6) is 4.87. The summed E-state index contributed by atoms with van der Waals surface area (Å²) in [5, 5.41) is 10.6. The number of hydrogen-bond donors (Lipinski definition) is 0. The number of fused-ring (bicyclic) bond motifs is 15. The Balaban J connectivity index is 0.437. The SMILES string of the molecule is c1ccc(-c2ccc(-c3nc4cc5c(cc4s3)oc3ccc(-c4nc(-c6ccccc6)nc(-c6ccc(-c7ccccc7)c(-c7cccc(-c8ccc(-c9nc%10cc%11c(cc%10s9)oc9cc(-c%10nc(-c%12ccccc%12)nc(-c%12ccccc%12-c%12cccc(-c%13nc%14cc%15c(cc%14s%13)oc%13cc(-c%14nc(-c%16ccccc%16)nc(-c%16ccc%17c(c%16)oc%16ccccc%16%17)n%14)ccc%13%15)c%12)n%10)ccc9%11)cc8)c7)c6)n4)cc35)cc2)cc1. The summed E-state index contributed by atoms with van der Waals surface area (Å²) in [6.45, 7) is 0. The van der Waals surface area contributed by atoms with Gasteiger partial charge in [-0.05, 0) is 153 Å². The molecule has 0 saturated heterocycles. The van der Waals surface area contributed by atoms with Crippen LogP contribution in [0.3, 0.4) is 0 Å². The molecule has 0 saturated carbocycles. The monoisotopic (exact) mass is 1910 g/mol. The number of rotatable bonds is 17. The summed E-state index contributed by atoms with van der Waals surface area (Å²) >= 11 is 4.94. The Morgan fingerprint density at radius 2 is 0.414 bits per heavy atom. The molecule has 19 heteroatoms. The van der Waals surface area contributed by atoms with Gasteiger partial charge in [0.1, 0.15) is 59.7 Å². The molecule has 29 rings (SSSR count). The van der Waals surface area contributed by atoms with Gasteiger partial charge in [-0.25, -0.2) is 59.8 Å². The van der Waals surface area contributed by atoms with Crippen molar-refractivity contribution < 1.29 is 17.7 Å². The maximum absolute atomic E-state index is 6.84. The van der Waals surface area contributed by atoms with Crippen molar-refractivity contribution in [2.45, 2.75) is 0 Å². The normalized spacial score (nSPS) is 11.9. The molecule has 19 aromatic carbocycles. The van der Waals surface area contributed by atoms with E-state index >= 15 is 0 Å². The first kappa shape index (κ1) is 83.1. The van der Waals surface area contributed by atoms with Crippen LogP contribution in [-0.2, 0) is 0 Å². The minimum Gasteiger partial charge on any atom is -0.456 e. The quantitative estimate of drug-likeness (QED) is 0.0830. The van der Waals surface area contributed by atoms with E-state index in [2.05, 4.69) is 267 Å². The van der Waals surface area contributed by atoms with Crippen LogP contribution in [0, 0.1) is 0 Å². The van der Waals surface area contributed by atoms with Gasteiger partial charge in [0.15, 0.2) is 52.4 Å². The first-order chi connectivity index (χ1) is 71.7. The van der Waals surface area contributed by atoms with Gasteiger partial charge in [0.05, 0.1) is 30.6 Å². The Morgan fingerprint density at radius 1 is 0.131 bits per heavy atom. The molecular formula is C126H70N12O4S3. The zero-order valence-corrected chi connectivity index (χ0v) is 79.1. The van der Waals surface area contributed by atoms with Crippen molar-refractivity contribution in [1.82, 2.24) is 59.8 Å². The Labute approximate surface area is 838 Å². The molecule has 145 heavy (non-hydrogen) atoms. The van der Waals surface area contributed by atoms with E-state index in [0.29, 0.717) is 63.6 Å². The molecule has 0 aliphatic carbocycles. The standard InChI is InChI=1S/C126H70N12O4S3/c1-6-22-71(23-7-1)72-40-44-78(45-41-72)124-128-103-67-100-97-61-84(52-57-105(97)140-111(100)70-113(103)144-124)119-131-115(75-26-10-3-11-27-75)130-118(135-119)83-48-53-90(74-24-8-2-9-25-74)96(60-83)82-34-20-32-80(58-82)73-42-46-79(47-43-73)125-127-101-65-98-94-56-51-87(64-108(94)142-109(98)68-112(101)143-125)122-134-117(77-30-14-5-15-31-77)137-123(138-122)95-38-17-16-36-89(95)81-33-21-35-88(59-81)126-129-102-66-99-93-55-50-86(63-107(93)141-110(99)69-114(102)145-126)121-133-116(76-28-12-4-13-29-76)132-120(136-121)85-49-54-92-91-37-18-19-39-104(91)139-106(92)62-85/h1-70H. The number of hydrogen-bond acceptors (Lipinski definition) is 19. The summed E-state index contributed by atoms with van der Waals surface area (Å²) in [7, 11) is 0. The molecule has 0 fully saturated rings. The summed E-state index contributed by atoms with van der Waals surface area (Å²) < 4.78 is 29.6. The average molecular weight is 1910 g/mol. The lowest BCUT2D eigenvalue weighted by Crippen LogP contribution is -2.01. The van der Waals surface area contributed by atoms with Crippen molar-refractivity contribution >= 4 is 152 Å². The number of nitrogens with zero attached hydrogens (tertiary/aromatic N) is 12. The zero-order chi connectivity index (χ0) is 95.3. The summed E-state index contributed by atoms with van der Waals surface area (Å²) in [5.41, 5.74) is 30.1. The second kappa shape index (κ2) is 34.0. The van der Waals surface area contributed by atoms with Crippen LogP contribution in [0.4, 0.5) is 0 Å². The van der Waals surface area contributed by atoms with Crippen LogP contribution in [0.1, 0.15) is 0 Å². The second-order valence-electron chi connectivity index (χ2n) is 36.1. The number of aromatic nitrogens is 12. The lowest BCUT2D eigenvalue weighted by Gasteiger charge is -2.15. The Morgan fingerprint density at radius 3 is 0.903 bits per heavy atom. The van der Waals surface area contributed by atoms with Gasteiger partial charge in [-0.2, -0.15) is 0 Å². The van der Waals surface area contributed by atoms with E-state index in [1.807, 2.05) is 158 Å². The van der Waals surface area contributed by atoms with Gasteiger partial charge < -0.3 is 17.7 Å². The summed E-state index contributed by atoms with van der Waals surface area (Å²) in [6, 6.07) is 146. The third-order valence-electron chi connectivity index (χ3n) is 27.2. The first-order valence-electron chi connectivity index (χ1n) is 47.6. The van der Waals surface area contributed by atoms with Crippen molar-refractivity contribution in [3.05, 3.63) is 425 Å². The lowest BCUT2D eigenvalue weighted by molar-refractivity contribution is 0.669. The van der Waals surface area contributed by atoms with Crippen molar-refractivity contribution in [3.8, 4) is 190 Å². The lowest BCUT2D eigenvalue weighted by atomic mass is 9.91. The average Bonchev–Trinajstić information content (AvgIpc) is 1.62. The molecule has 0 atom stereocenters. The second-order valence-corrected chi connectivity index (χ2v) is 39.2. The molecule has 0 amide bonds. The van der Waals surface area contributed by atoms with E-state index in [4.69, 9.17) is 77.5 Å². The summed E-state index contributed by atoms with van der Waals surface area (Å²) in [4.78, 5) is 62.6. The molecular weight excluding hydrogens is 1840 g/mol. The Hall–Kier alpha value is -18.9. The van der Waals surface area contributed by atoms with Crippen LogP contribution in [0.5, 0.6) is 0 Å². The minimum atomic E-state index is 0.510. The molecule has 10 aromatic heterocycles. The number of para-hydroxylation sites is 1. The van der Waals surface area contributed by atoms with Gasteiger partial charge in [-0.15, -0.1) is 34.0 Å². The maximum Gasteiger partial charge on any atom is 0.164 e. The minimum absolute atomic E-state index is 0.510. The maximum atomic E-state index is 6.84. The molecule has 10 heterocycles. The number of furan rings is 4. The predicted octanol–water partition coefficient (Wildman–Crippen LogP) is 34.0. The molecule has 0 spiro atoms. The molecule has 0 unspecified atom stereocenters. The molecule has 29 aromatic rings. The molecule has 0 bridgehead atoms. The largest absolute Gasteiger partial charge is 0.456 e. The fourth-order valence-corrected chi connectivity index (χ4v) is 22.9. The Kier molecular flexibility index (Phi) is 19.5. The van der Waals surface area contributed by atoms with Crippen LogP contribution in [-0.4, -0.2) is 59.8 Å². The third kappa shape index (κ3) is 14.9. The molecule has 0 radical (unpaired) electrons. The van der Waals surface area contributed by atoms with E-state index in [9.17, 15) is 0 Å². The van der Waals surface area contributed by atoms with Gasteiger partial charge in [0, 0.05) is 128 Å². The van der Waals surface area contributed by atoms with Gasteiger partial charge in [0.25, 0.3) is 0 Å². The van der Waals surface area contributed by atoms with Crippen molar-refractivity contribution in [2.24, 2.45) is 0 Å². The van der Waals surface area contributed by atoms with Crippen LogP contribution < -0.4 is 0 Å². The van der Waals surface area contributed by atoms with E-state index in [0.717, 1.165) is 234 Å². The van der Waals surface area contributed by atoms with E-state index < -0.39 is 0 Å². The van der Waals surface area contributed by atoms with Crippen molar-refractivity contribution in [1.29, 1.82) is 0 Å². The first-order valence-corrected chi connectivity index (χ1v) is 50.1. The third-order valence-corrected chi connectivity index (χ3v) is 30.4. The van der Waals surface area contributed by atoms with Gasteiger partial charge in [-0.3, -0.25) is 0 Å². The highest BCUT2D eigenvalue weighted by atomic mass is 32.1. The highest BCUT2D eigenvalue weighted by Crippen LogP contribution is 2.48. The number of benzene rings is 19.